The van der Waals surface area contributed by atoms with E-state index in [0.717, 1.165) is 63.7 Å². The maximum absolute atomic E-state index is 12.6. The summed E-state index contributed by atoms with van der Waals surface area (Å²) in [5, 5.41) is 0. The molecule has 0 rings (SSSR count). The molecule has 0 N–H and O–H groups in total. The summed E-state index contributed by atoms with van der Waals surface area (Å²) in [5.74, 6) is 0.0329. The molecule has 1 unspecified atom stereocenters. The summed E-state index contributed by atoms with van der Waals surface area (Å²) in [4.78, 5) is 37.5. The zero-order valence-corrected chi connectivity index (χ0v) is 35.3. The number of hydrogen-bond acceptors (Lipinski definition) is 6. The van der Waals surface area contributed by atoms with Crippen LogP contribution in [0.4, 0.5) is 0 Å². The van der Waals surface area contributed by atoms with Gasteiger partial charge in [-0.15, -0.1) is 0 Å². The first-order chi connectivity index (χ1) is 25.4. The van der Waals surface area contributed by atoms with Crippen LogP contribution >= 0.6 is 0 Å². The van der Waals surface area contributed by atoms with Gasteiger partial charge in [0, 0.05) is 19.3 Å². The fourth-order valence-electron chi connectivity index (χ4n) is 6.77. The molecule has 0 aliphatic carbocycles. The Morgan fingerprint density at radius 3 is 1.00 bits per heavy atom. The van der Waals surface area contributed by atoms with Gasteiger partial charge in [-0.05, 0) is 25.2 Å². The van der Waals surface area contributed by atoms with Crippen LogP contribution in [0.5, 0.6) is 0 Å². The van der Waals surface area contributed by atoms with Crippen LogP contribution in [0.1, 0.15) is 252 Å². The third-order valence-corrected chi connectivity index (χ3v) is 10.7. The molecule has 0 heterocycles. The van der Waals surface area contributed by atoms with Crippen molar-refractivity contribution in [3.05, 3.63) is 0 Å². The van der Waals surface area contributed by atoms with Crippen molar-refractivity contribution in [2.75, 3.05) is 13.2 Å². The van der Waals surface area contributed by atoms with E-state index in [2.05, 4.69) is 27.7 Å². The number of unbranched alkanes of at least 4 members (excludes halogenated alkanes) is 27. The Hall–Kier alpha value is -1.59. The van der Waals surface area contributed by atoms with Crippen LogP contribution in [0.2, 0.25) is 0 Å². The van der Waals surface area contributed by atoms with Gasteiger partial charge in [-0.1, -0.05) is 214 Å². The summed E-state index contributed by atoms with van der Waals surface area (Å²) >= 11 is 0. The highest BCUT2D eigenvalue weighted by molar-refractivity contribution is 5.71. The third-order valence-electron chi connectivity index (χ3n) is 10.7. The van der Waals surface area contributed by atoms with Crippen LogP contribution in [0.3, 0.4) is 0 Å². The van der Waals surface area contributed by atoms with Gasteiger partial charge in [-0.25, -0.2) is 0 Å². The third kappa shape index (κ3) is 38.1. The maximum atomic E-state index is 12.6. The Kier molecular flexibility index (Phi) is 39.4. The van der Waals surface area contributed by atoms with Crippen LogP contribution in [-0.2, 0) is 28.6 Å². The molecule has 0 aromatic carbocycles. The number of rotatable bonds is 41. The molecule has 0 spiro atoms. The molecule has 0 aliphatic rings. The van der Waals surface area contributed by atoms with E-state index in [1.54, 1.807) is 0 Å². The summed E-state index contributed by atoms with van der Waals surface area (Å²) in [7, 11) is 0. The zero-order valence-electron chi connectivity index (χ0n) is 35.3. The van der Waals surface area contributed by atoms with Crippen LogP contribution in [0.15, 0.2) is 0 Å². The van der Waals surface area contributed by atoms with E-state index in [1.165, 1.54) is 148 Å². The predicted molar refractivity (Wildman–Crippen MR) is 220 cm³/mol. The van der Waals surface area contributed by atoms with Crippen LogP contribution in [0, 0.1) is 5.92 Å². The minimum atomic E-state index is -0.757. The molecular weight excluding hydrogens is 649 g/mol. The first kappa shape index (κ1) is 50.4. The van der Waals surface area contributed by atoms with Gasteiger partial charge < -0.3 is 14.2 Å². The van der Waals surface area contributed by atoms with Crippen molar-refractivity contribution >= 4 is 17.9 Å². The van der Waals surface area contributed by atoms with E-state index >= 15 is 0 Å². The van der Waals surface area contributed by atoms with Crippen molar-refractivity contribution in [3.8, 4) is 0 Å². The molecule has 0 aromatic heterocycles. The monoisotopic (exact) mass is 737 g/mol. The average molecular weight is 737 g/mol. The molecule has 0 aromatic rings. The minimum Gasteiger partial charge on any atom is -0.462 e. The van der Waals surface area contributed by atoms with Gasteiger partial charge in [0.2, 0.25) is 0 Å². The van der Waals surface area contributed by atoms with Crippen molar-refractivity contribution in [1.82, 2.24) is 0 Å². The lowest BCUT2D eigenvalue weighted by Gasteiger charge is -2.18. The molecule has 2 atom stereocenters. The Morgan fingerprint density at radius 2 is 0.673 bits per heavy atom. The lowest BCUT2D eigenvalue weighted by molar-refractivity contribution is -0.167. The molecule has 0 saturated heterocycles. The molecule has 6 heteroatoms. The zero-order chi connectivity index (χ0) is 38.2. The first-order valence-electron chi connectivity index (χ1n) is 22.9. The summed E-state index contributed by atoms with van der Waals surface area (Å²) in [6, 6.07) is 0. The first-order valence-corrected chi connectivity index (χ1v) is 22.9. The lowest BCUT2D eigenvalue weighted by atomic mass is 9.99. The second-order valence-electron chi connectivity index (χ2n) is 15.9. The molecule has 0 radical (unpaired) electrons. The second-order valence-corrected chi connectivity index (χ2v) is 15.9. The maximum Gasteiger partial charge on any atom is 0.306 e. The van der Waals surface area contributed by atoms with Crippen molar-refractivity contribution in [1.29, 1.82) is 0 Å². The molecule has 308 valence electrons. The summed E-state index contributed by atoms with van der Waals surface area (Å²) < 4.78 is 16.6. The number of carbonyl (C=O) groups excluding carboxylic acids is 3. The SMILES string of the molecule is CCCCCCCCCCCC(=O)O[C@@H](COC(=O)CCCCCCCCC)COC(=O)CCCCCCCCCCCCCCCCC(C)CC. The highest BCUT2D eigenvalue weighted by Crippen LogP contribution is 2.17. The highest BCUT2D eigenvalue weighted by atomic mass is 16.6. The fourth-order valence-corrected chi connectivity index (χ4v) is 6.77. The number of hydrogen-bond donors (Lipinski definition) is 0. The van der Waals surface area contributed by atoms with Crippen molar-refractivity contribution < 1.29 is 28.6 Å². The molecule has 0 amide bonds. The van der Waals surface area contributed by atoms with Crippen LogP contribution in [0.25, 0.3) is 0 Å². The van der Waals surface area contributed by atoms with E-state index < -0.39 is 6.10 Å². The van der Waals surface area contributed by atoms with E-state index in [1.807, 2.05) is 0 Å². The van der Waals surface area contributed by atoms with E-state index in [0.29, 0.717) is 19.3 Å². The average Bonchev–Trinajstić information content (AvgIpc) is 3.14. The van der Waals surface area contributed by atoms with E-state index in [-0.39, 0.29) is 31.1 Å². The van der Waals surface area contributed by atoms with Gasteiger partial charge in [0.25, 0.3) is 0 Å². The van der Waals surface area contributed by atoms with E-state index in [4.69, 9.17) is 14.2 Å². The molecule has 6 nitrogen and oxygen atoms in total. The summed E-state index contributed by atoms with van der Waals surface area (Å²) in [5.41, 5.74) is 0. The Morgan fingerprint density at radius 1 is 0.385 bits per heavy atom. The van der Waals surface area contributed by atoms with Gasteiger partial charge >= 0.3 is 17.9 Å². The Labute approximate surface area is 323 Å². The quantitative estimate of drug-likeness (QED) is 0.0353. The van der Waals surface area contributed by atoms with Gasteiger partial charge in [0.1, 0.15) is 13.2 Å². The molecule has 0 bridgehead atoms. The largest absolute Gasteiger partial charge is 0.462 e. The Balaban J connectivity index is 4.17. The summed E-state index contributed by atoms with van der Waals surface area (Å²) in [6.45, 7) is 8.98. The standard InChI is InChI=1S/C46H88O6/c1-5-8-10-12-14-21-27-31-35-39-46(49)52-43(40-50-44(47)37-33-29-24-13-11-9-6-2)41-51-45(48)38-34-30-26-23-20-18-16-15-17-19-22-25-28-32-36-42(4)7-3/h42-43H,5-41H2,1-4H3/t42?,43-/m0/s1. The predicted octanol–water partition coefficient (Wildman–Crippen LogP) is 14.3. The van der Waals surface area contributed by atoms with Gasteiger partial charge in [0.15, 0.2) is 6.10 Å². The van der Waals surface area contributed by atoms with E-state index in [9.17, 15) is 14.4 Å². The van der Waals surface area contributed by atoms with Gasteiger partial charge in [0.05, 0.1) is 0 Å². The molecule has 0 fully saturated rings. The van der Waals surface area contributed by atoms with Crippen LogP contribution < -0.4 is 0 Å². The number of esters is 3. The molecule has 52 heavy (non-hydrogen) atoms. The van der Waals surface area contributed by atoms with Crippen molar-refractivity contribution in [2.45, 2.75) is 259 Å². The topological polar surface area (TPSA) is 78.9 Å². The van der Waals surface area contributed by atoms with Crippen molar-refractivity contribution in [3.63, 3.8) is 0 Å². The molecule has 0 saturated carbocycles. The lowest BCUT2D eigenvalue weighted by Crippen LogP contribution is -2.30. The van der Waals surface area contributed by atoms with Gasteiger partial charge in [-0.2, -0.15) is 0 Å². The molecular formula is C46H88O6. The smallest absolute Gasteiger partial charge is 0.306 e. The summed E-state index contributed by atoms with van der Waals surface area (Å²) in [6.07, 6.45) is 39.5. The highest BCUT2D eigenvalue weighted by Gasteiger charge is 2.19. The number of ether oxygens (including phenoxy) is 3. The van der Waals surface area contributed by atoms with Crippen LogP contribution in [-0.4, -0.2) is 37.2 Å². The Bertz CT molecular complexity index is 783. The minimum absolute atomic E-state index is 0.0642. The van der Waals surface area contributed by atoms with Gasteiger partial charge in [-0.3, -0.25) is 14.4 Å². The normalized spacial score (nSPS) is 12.5. The fraction of sp³-hybridized carbons (Fsp3) is 0.935. The van der Waals surface area contributed by atoms with Crippen molar-refractivity contribution in [2.24, 2.45) is 5.92 Å². The molecule has 0 aliphatic heterocycles. The second kappa shape index (κ2) is 40.6. The number of carbonyl (C=O) groups is 3.